The molecular weight excluding hydrogens is 412 g/mol. The Morgan fingerprint density at radius 1 is 0.500 bits per heavy atom. The van der Waals surface area contributed by atoms with Gasteiger partial charge in [-0.3, -0.25) is 0 Å². The molecule has 2 nitrogen and oxygen atoms in total. The van der Waals surface area contributed by atoms with Crippen LogP contribution < -0.4 is 11.1 Å². The van der Waals surface area contributed by atoms with E-state index in [4.69, 9.17) is 5.73 Å². The number of benzene rings is 5. The van der Waals surface area contributed by atoms with E-state index in [1.165, 1.54) is 38.9 Å². The smallest absolute Gasteiger partial charge is 0.0470 e. The summed E-state index contributed by atoms with van der Waals surface area (Å²) in [7, 11) is 0. The monoisotopic (exact) mass is 440 g/mol. The Labute approximate surface area is 201 Å². The highest BCUT2D eigenvalue weighted by Gasteiger charge is 2.18. The molecule has 5 rings (SSSR count). The molecule has 0 atom stereocenters. The fourth-order valence-electron chi connectivity index (χ4n) is 4.33. The first-order valence-electron chi connectivity index (χ1n) is 11.6. The van der Waals surface area contributed by atoms with Crippen molar-refractivity contribution in [2.45, 2.75) is 13.8 Å². The zero-order valence-corrected chi connectivity index (χ0v) is 19.5. The minimum absolute atomic E-state index is 0.766. The van der Waals surface area contributed by atoms with E-state index < -0.39 is 0 Å². The van der Waals surface area contributed by atoms with Crippen LogP contribution in [0.15, 0.2) is 115 Å². The molecular formula is C32H28N2. The number of anilines is 3. The topological polar surface area (TPSA) is 38.0 Å². The number of hydrogen-bond acceptors (Lipinski definition) is 2. The highest BCUT2D eigenvalue weighted by Crippen LogP contribution is 2.45. The predicted molar refractivity (Wildman–Crippen MR) is 146 cm³/mol. The molecule has 0 saturated heterocycles. The molecule has 2 heteroatoms. The van der Waals surface area contributed by atoms with Crippen LogP contribution in [0.4, 0.5) is 17.1 Å². The minimum Gasteiger partial charge on any atom is -0.399 e. The Morgan fingerprint density at radius 3 is 1.62 bits per heavy atom. The largest absolute Gasteiger partial charge is 0.399 e. The van der Waals surface area contributed by atoms with Crippen molar-refractivity contribution in [2.24, 2.45) is 0 Å². The number of nitrogens with one attached hydrogen (secondary N) is 1. The first kappa shape index (κ1) is 21.5. The summed E-state index contributed by atoms with van der Waals surface area (Å²) in [6.45, 7) is 4.25. The van der Waals surface area contributed by atoms with Crippen molar-refractivity contribution in [3.05, 3.63) is 126 Å². The van der Waals surface area contributed by atoms with Crippen LogP contribution in [0, 0.1) is 13.8 Å². The quantitative estimate of drug-likeness (QED) is 0.268. The molecule has 34 heavy (non-hydrogen) atoms. The van der Waals surface area contributed by atoms with Crippen LogP contribution in [0.5, 0.6) is 0 Å². The third kappa shape index (κ3) is 4.44. The van der Waals surface area contributed by atoms with E-state index in [0.29, 0.717) is 0 Å². The lowest BCUT2D eigenvalue weighted by atomic mass is 9.86. The van der Waals surface area contributed by atoms with E-state index in [9.17, 15) is 0 Å². The summed E-state index contributed by atoms with van der Waals surface area (Å²) < 4.78 is 0. The third-order valence-corrected chi connectivity index (χ3v) is 6.16. The van der Waals surface area contributed by atoms with Crippen LogP contribution in [-0.2, 0) is 0 Å². The lowest BCUT2D eigenvalue weighted by molar-refractivity contribution is 1.45. The average molecular weight is 441 g/mol. The van der Waals surface area contributed by atoms with Crippen LogP contribution in [-0.4, -0.2) is 0 Å². The lowest BCUT2D eigenvalue weighted by Gasteiger charge is -2.21. The molecule has 0 aliphatic carbocycles. The van der Waals surface area contributed by atoms with Gasteiger partial charge in [0.15, 0.2) is 0 Å². The Morgan fingerprint density at radius 2 is 1.03 bits per heavy atom. The maximum absolute atomic E-state index is 6.01. The summed E-state index contributed by atoms with van der Waals surface area (Å²) in [5.74, 6) is 0. The van der Waals surface area contributed by atoms with Gasteiger partial charge < -0.3 is 11.1 Å². The van der Waals surface area contributed by atoms with Gasteiger partial charge in [0, 0.05) is 22.6 Å². The molecule has 3 N–H and O–H groups in total. The van der Waals surface area contributed by atoms with Crippen LogP contribution in [0.25, 0.3) is 33.4 Å². The normalized spacial score (nSPS) is 10.8. The van der Waals surface area contributed by atoms with Crippen molar-refractivity contribution in [2.75, 3.05) is 11.1 Å². The molecule has 0 bridgehead atoms. The second kappa shape index (κ2) is 9.29. The van der Waals surface area contributed by atoms with Crippen LogP contribution in [0.3, 0.4) is 0 Å². The molecule has 0 aromatic heterocycles. The average Bonchev–Trinajstić information content (AvgIpc) is 2.86. The number of aryl methyl sites for hydroxylation is 2. The van der Waals surface area contributed by atoms with Crippen molar-refractivity contribution in [1.82, 2.24) is 0 Å². The maximum Gasteiger partial charge on any atom is 0.0470 e. The Bertz CT molecular complexity index is 1400. The Balaban J connectivity index is 1.82. The summed E-state index contributed by atoms with van der Waals surface area (Å²) >= 11 is 0. The third-order valence-electron chi connectivity index (χ3n) is 6.16. The van der Waals surface area contributed by atoms with Gasteiger partial charge in [0.25, 0.3) is 0 Å². The van der Waals surface area contributed by atoms with Gasteiger partial charge in [0.1, 0.15) is 0 Å². The molecule has 0 aliphatic heterocycles. The molecule has 0 saturated carbocycles. The summed E-state index contributed by atoms with van der Waals surface area (Å²) in [5.41, 5.74) is 18.5. The van der Waals surface area contributed by atoms with Gasteiger partial charge in [0.2, 0.25) is 0 Å². The number of nitrogen functional groups attached to an aromatic ring is 1. The fourth-order valence-corrected chi connectivity index (χ4v) is 4.33. The maximum atomic E-state index is 6.01. The molecule has 0 heterocycles. The molecule has 0 aliphatic rings. The standard InChI is InChI=1S/C32H28N2/c1-22-8-12-25(13-9-22)31-29(24-16-18-27(33)19-17-24)20-21-30(34-28-6-4-3-5-7-28)32(31)26-14-10-23(2)11-15-26/h3-21,34H,33H2,1-2H3. The number of hydrogen-bond donors (Lipinski definition) is 2. The SMILES string of the molecule is Cc1ccc(-c2c(Nc3ccccc3)ccc(-c3ccc(N)cc3)c2-c2ccc(C)cc2)cc1. The van der Waals surface area contributed by atoms with Crippen molar-refractivity contribution in [1.29, 1.82) is 0 Å². The molecule has 0 radical (unpaired) electrons. The van der Waals surface area contributed by atoms with Gasteiger partial charge in [-0.05, 0) is 72.0 Å². The van der Waals surface area contributed by atoms with Crippen LogP contribution in [0.2, 0.25) is 0 Å². The summed E-state index contributed by atoms with van der Waals surface area (Å²) in [4.78, 5) is 0. The van der Waals surface area contributed by atoms with E-state index in [1.807, 2.05) is 18.2 Å². The van der Waals surface area contributed by atoms with Crippen molar-refractivity contribution in [3.8, 4) is 33.4 Å². The van der Waals surface area contributed by atoms with Gasteiger partial charge in [-0.15, -0.1) is 0 Å². The fraction of sp³-hybridized carbons (Fsp3) is 0.0625. The van der Waals surface area contributed by atoms with Gasteiger partial charge in [-0.25, -0.2) is 0 Å². The van der Waals surface area contributed by atoms with Gasteiger partial charge in [0.05, 0.1) is 0 Å². The Hall–Kier alpha value is -4.30. The number of nitrogens with two attached hydrogens (primary N) is 1. The molecule has 5 aromatic rings. The summed E-state index contributed by atoms with van der Waals surface area (Å²) in [6.07, 6.45) is 0. The van der Waals surface area contributed by atoms with Crippen molar-refractivity contribution in [3.63, 3.8) is 0 Å². The molecule has 5 aromatic carbocycles. The van der Waals surface area contributed by atoms with Crippen molar-refractivity contribution < 1.29 is 0 Å². The molecule has 166 valence electrons. The number of para-hydroxylation sites is 1. The summed E-state index contributed by atoms with van der Waals surface area (Å²) in [5, 5.41) is 3.67. The highest BCUT2D eigenvalue weighted by molar-refractivity contribution is 6.01. The van der Waals surface area contributed by atoms with Gasteiger partial charge in [-0.1, -0.05) is 96.1 Å². The van der Waals surface area contributed by atoms with Crippen molar-refractivity contribution >= 4 is 17.1 Å². The molecule has 0 amide bonds. The first-order chi connectivity index (χ1) is 16.6. The van der Waals surface area contributed by atoms with Crippen LogP contribution >= 0.6 is 0 Å². The zero-order valence-electron chi connectivity index (χ0n) is 19.5. The minimum atomic E-state index is 0.766. The van der Waals surface area contributed by atoms with E-state index in [1.54, 1.807) is 0 Å². The zero-order chi connectivity index (χ0) is 23.5. The summed E-state index contributed by atoms with van der Waals surface area (Å²) in [6, 6.07) is 40.4. The number of rotatable bonds is 5. The van der Waals surface area contributed by atoms with E-state index in [2.05, 4.69) is 116 Å². The van der Waals surface area contributed by atoms with E-state index >= 15 is 0 Å². The van der Waals surface area contributed by atoms with Gasteiger partial charge in [-0.2, -0.15) is 0 Å². The second-order valence-corrected chi connectivity index (χ2v) is 8.76. The second-order valence-electron chi connectivity index (χ2n) is 8.76. The van der Waals surface area contributed by atoms with Gasteiger partial charge >= 0.3 is 0 Å². The molecule has 0 fully saturated rings. The molecule has 0 unspecified atom stereocenters. The molecule has 0 spiro atoms. The van der Waals surface area contributed by atoms with E-state index in [0.717, 1.165) is 22.6 Å². The van der Waals surface area contributed by atoms with Crippen LogP contribution in [0.1, 0.15) is 11.1 Å². The predicted octanol–water partition coefficient (Wildman–Crippen LogP) is 8.63. The lowest BCUT2D eigenvalue weighted by Crippen LogP contribution is -1.98. The first-order valence-corrected chi connectivity index (χ1v) is 11.6. The van der Waals surface area contributed by atoms with E-state index in [-0.39, 0.29) is 0 Å². The highest BCUT2D eigenvalue weighted by atomic mass is 14.9. The Kier molecular flexibility index (Phi) is 5.88.